The molecule has 1 N–H and O–H groups in total. The van der Waals surface area contributed by atoms with E-state index in [2.05, 4.69) is 24.1 Å². The van der Waals surface area contributed by atoms with Crippen LogP contribution in [0.25, 0.3) is 0 Å². The van der Waals surface area contributed by atoms with E-state index < -0.39 is 0 Å². The smallest absolute Gasteiger partial charge is 0.0547 e. The van der Waals surface area contributed by atoms with Gasteiger partial charge in [-0.25, -0.2) is 0 Å². The van der Waals surface area contributed by atoms with Crippen LogP contribution in [-0.4, -0.2) is 51.3 Å². The van der Waals surface area contributed by atoms with Gasteiger partial charge < -0.3 is 15.0 Å². The molecule has 0 spiro atoms. The Bertz CT molecular complexity index is 173. The van der Waals surface area contributed by atoms with E-state index in [1.165, 1.54) is 38.9 Å². The van der Waals surface area contributed by atoms with Crippen molar-refractivity contribution in [1.82, 2.24) is 10.2 Å². The third-order valence-electron chi connectivity index (χ3n) is 3.38. The van der Waals surface area contributed by atoms with Crippen molar-refractivity contribution in [3.63, 3.8) is 0 Å². The Balaban J connectivity index is 2.50. The summed E-state index contributed by atoms with van der Waals surface area (Å²) in [6, 6.07) is 0. The van der Waals surface area contributed by atoms with E-state index in [1.807, 2.05) is 7.05 Å². The molecule has 3 heteroatoms. The molecule has 96 valence electrons. The maximum atomic E-state index is 5.60. The van der Waals surface area contributed by atoms with Crippen molar-refractivity contribution < 1.29 is 4.74 Å². The minimum atomic E-state index is 0.360. The maximum Gasteiger partial charge on any atom is 0.0547 e. The number of ether oxygens (including phenoxy) is 1. The van der Waals surface area contributed by atoms with E-state index in [4.69, 9.17) is 4.74 Å². The second-order valence-electron chi connectivity index (χ2n) is 5.11. The Kier molecular flexibility index (Phi) is 6.32. The van der Waals surface area contributed by atoms with Crippen LogP contribution in [0, 0.1) is 5.41 Å². The summed E-state index contributed by atoms with van der Waals surface area (Å²) < 4.78 is 5.60. The van der Waals surface area contributed by atoms with E-state index in [1.54, 1.807) is 0 Å². The van der Waals surface area contributed by atoms with Crippen LogP contribution < -0.4 is 5.32 Å². The van der Waals surface area contributed by atoms with Gasteiger partial charge in [0.15, 0.2) is 0 Å². The molecule has 1 aliphatic heterocycles. The maximum absolute atomic E-state index is 5.60. The van der Waals surface area contributed by atoms with Gasteiger partial charge in [-0.3, -0.25) is 0 Å². The Morgan fingerprint density at radius 2 is 1.94 bits per heavy atom. The van der Waals surface area contributed by atoms with Crippen LogP contribution in [0.2, 0.25) is 0 Å². The van der Waals surface area contributed by atoms with Crippen LogP contribution in [0.15, 0.2) is 0 Å². The topological polar surface area (TPSA) is 24.5 Å². The fourth-order valence-corrected chi connectivity index (χ4v) is 2.72. The third kappa shape index (κ3) is 4.04. The number of rotatable bonds is 8. The van der Waals surface area contributed by atoms with Gasteiger partial charge in [-0.15, -0.1) is 0 Å². The molecule has 1 aliphatic rings. The second kappa shape index (κ2) is 7.25. The molecule has 16 heavy (non-hydrogen) atoms. The van der Waals surface area contributed by atoms with Gasteiger partial charge in [0, 0.05) is 25.1 Å². The van der Waals surface area contributed by atoms with E-state index in [0.717, 1.165) is 19.8 Å². The van der Waals surface area contributed by atoms with Gasteiger partial charge in [0.25, 0.3) is 0 Å². The zero-order valence-electron chi connectivity index (χ0n) is 11.2. The molecule has 0 saturated carbocycles. The predicted molar refractivity (Wildman–Crippen MR) is 68.8 cm³/mol. The van der Waals surface area contributed by atoms with Gasteiger partial charge in [0.1, 0.15) is 0 Å². The molecule has 0 bridgehead atoms. The highest BCUT2D eigenvalue weighted by Gasteiger charge is 2.35. The molecule has 0 aromatic carbocycles. The molecule has 0 aromatic rings. The molecule has 3 nitrogen and oxygen atoms in total. The molecule has 0 amide bonds. The van der Waals surface area contributed by atoms with Crippen molar-refractivity contribution in [2.24, 2.45) is 5.41 Å². The van der Waals surface area contributed by atoms with Crippen molar-refractivity contribution in [2.45, 2.75) is 33.1 Å². The summed E-state index contributed by atoms with van der Waals surface area (Å²) in [6.45, 7) is 11.1. The summed E-state index contributed by atoms with van der Waals surface area (Å²) in [7, 11) is 2.05. The van der Waals surface area contributed by atoms with Crippen molar-refractivity contribution in [3.8, 4) is 0 Å². The summed E-state index contributed by atoms with van der Waals surface area (Å²) in [4.78, 5) is 2.60. The summed E-state index contributed by atoms with van der Waals surface area (Å²) >= 11 is 0. The molecule has 1 atom stereocenters. The third-order valence-corrected chi connectivity index (χ3v) is 3.38. The number of hydrogen-bond donors (Lipinski definition) is 1. The molecule has 0 radical (unpaired) electrons. The lowest BCUT2D eigenvalue weighted by atomic mass is 9.86. The first-order valence-corrected chi connectivity index (χ1v) is 6.71. The molecule has 1 rings (SSSR count). The van der Waals surface area contributed by atoms with E-state index in [-0.39, 0.29) is 0 Å². The molecule has 1 saturated heterocycles. The Morgan fingerprint density at radius 1 is 1.25 bits per heavy atom. The van der Waals surface area contributed by atoms with Gasteiger partial charge >= 0.3 is 0 Å². The van der Waals surface area contributed by atoms with Crippen molar-refractivity contribution in [1.29, 1.82) is 0 Å². The second-order valence-corrected chi connectivity index (χ2v) is 5.11. The minimum Gasteiger partial charge on any atom is -0.381 e. The zero-order chi connectivity index (χ0) is 11.9. The lowest BCUT2D eigenvalue weighted by Crippen LogP contribution is -2.44. The highest BCUT2D eigenvalue weighted by Crippen LogP contribution is 2.29. The number of nitrogens with one attached hydrogen (secondary N) is 1. The largest absolute Gasteiger partial charge is 0.381 e. The van der Waals surface area contributed by atoms with Crippen LogP contribution >= 0.6 is 0 Å². The van der Waals surface area contributed by atoms with Crippen LogP contribution in [0.3, 0.4) is 0 Å². The lowest BCUT2D eigenvalue weighted by Gasteiger charge is -2.34. The zero-order valence-corrected chi connectivity index (χ0v) is 11.2. The van der Waals surface area contributed by atoms with Crippen molar-refractivity contribution in [3.05, 3.63) is 0 Å². The predicted octanol–water partition coefficient (Wildman–Crippen LogP) is 1.73. The average molecular weight is 228 g/mol. The van der Waals surface area contributed by atoms with Crippen molar-refractivity contribution in [2.75, 3.05) is 46.4 Å². The standard InChI is InChI=1S/C13H28N2O/c1-4-7-15(8-5-2)11-13(10-14-3)6-9-16-12-13/h14H,4-12H2,1-3H3. The Labute approximate surface area is 101 Å². The highest BCUT2D eigenvalue weighted by atomic mass is 16.5. The summed E-state index contributed by atoms with van der Waals surface area (Å²) in [5.41, 5.74) is 0.360. The first-order chi connectivity index (χ1) is 7.76. The quantitative estimate of drug-likeness (QED) is 0.685. The first-order valence-electron chi connectivity index (χ1n) is 6.71. The normalized spacial score (nSPS) is 25.5. The molecular weight excluding hydrogens is 200 g/mol. The Morgan fingerprint density at radius 3 is 2.38 bits per heavy atom. The summed E-state index contributed by atoms with van der Waals surface area (Å²) in [5.74, 6) is 0. The van der Waals surface area contributed by atoms with Gasteiger partial charge in [-0.05, 0) is 39.4 Å². The number of nitrogens with zero attached hydrogens (tertiary/aromatic N) is 1. The molecule has 1 heterocycles. The van der Waals surface area contributed by atoms with Crippen LogP contribution in [0.5, 0.6) is 0 Å². The fourth-order valence-electron chi connectivity index (χ4n) is 2.72. The van der Waals surface area contributed by atoms with Gasteiger partial charge in [-0.1, -0.05) is 13.8 Å². The van der Waals surface area contributed by atoms with E-state index >= 15 is 0 Å². The monoisotopic (exact) mass is 228 g/mol. The van der Waals surface area contributed by atoms with Gasteiger partial charge in [-0.2, -0.15) is 0 Å². The van der Waals surface area contributed by atoms with Crippen LogP contribution in [0.1, 0.15) is 33.1 Å². The fraction of sp³-hybridized carbons (Fsp3) is 1.00. The van der Waals surface area contributed by atoms with Crippen LogP contribution in [0.4, 0.5) is 0 Å². The van der Waals surface area contributed by atoms with E-state index in [0.29, 0.717) is 5.41 Å². The molecule has 1 unspecified atom stereocenters. The van der Waals surface area contributed by atoms with E-state index in [9.17, 15) is 0 Å². The average Bonchev–Trinajstić information content (AvgIpc) is 2.68. The van der Waals surface area contributed by atoms with Gasteiger partial charge in [0.05, 0.1) is 6.61 Å². The molecular formula is C13H28N2O. The summed E-state index contributed by atoms with van der Waals surface area (Å²) in [5, 5.41) is 3.33. The summed E-state index contributed by atoms with van der Waals surface area (Å²) in [6.07, 6.45) is 3.70. The van der Waals surface area contributed by atoms with Gasteiger partial charge in [0.2, 0.25) is 0 Å². The first kappa shape index (κ1) is 13.9. The minimum absolute atomic E-state index is 0.360. The molecule has 1 fully saturated rings. The Hall–Kier alpha value is -0.120. The number of hydrogen-bond acceptors (Lipinski definition) is 3. The van der Waals surface area contributed by atoms with Crippen LogP contribution in [-0.2, 0) is 4.74 Å². The molecule has 0 aliphatic carbocycles. The SMILES string of the molecule is CCCN(CCC)CC1(CNC)CCOC1. The van der Waals surface area contributed by atoms with Crippen molar-refractivity contribution >= 4 is 0 Å². The highest BCUT2D eigenvalue weighted by molar-refractivity contribution is 4.88. The molecule has 0 aromatic heterocycles. The lowest BCUT2D eigenvalue weighted by molar-refractivity contribution is 0.109.